The Labute approximate surface area is 119 Å². The van der Waals surface area contributed by atoms with Crippen LogP contribution in [-0.2, 0) is 0 Å². The van der Waals surface area contributed by atoms with Crippen molar-refractivity contribution in [1.82, 2.24) is 10.6 Å². The number of amides is 1. The molecule has 1 heterocycles. The highest BCUT2D eigenvalue weighted by molar-refractivity contribution is 5.97. The van der Waals surface area contributed by atoms with Crippen molar-refractivity contribution in [2.24, 2.45) is 0 Å². The van der Waals surface area contributed by atoms with Crippen LogP contribution in [0.5, 0.6) is 11.5 Å². The van der Waals surface area contributed by atoms with Gasteiger partial charge in [0, 0.05) is 19.2 Å². The summed E-state index contributed by atoms with van der Waals surface area (Å²) in [5, 5.41) is 6.17. The molecule has 0 spiro atoms. The van der Waals surface area contributed by atoms with Gasteiger partial charge < -0.3 is 20.1 Å². The highest BCUT2D eigenvalue weighted by Crippen LogP contribution is 2.24. The highest BCUT2D eigenvalue weighted by Gasteiger charge is 2.13. The SMILES string of the molecule is COc1ccc(C(=O)NCC2=CCNCC2)c(OC)c1. The van der Waals surface area contributed by atoms with E-state index in [4.69, 9.17) is 9.47 Å². The molecule has 0 radical (unpaired) electrons. The lowest BCUT2D eigenvalue weighted by molar-refractivity contribution is 0.0953. The van der Waals surface area contributed by atoms with Gasteiger partial charge >= 0.3 is 0 Å². The van der Waals surface area contributed by atoms with Gasteiger partial charge in [-0.25, -0.2) is 0 Å². The zero-order valence-corrected chi connectivity index (χ0v) is 11.9. The number of methoxy groups -OCH3 is 2. The van der Waals surface area contributed by atoms with Gasteiger partial charge in [0.2, 0.25) is 0 Å². The van der Waals surface area contributed by atoms with Crippen molar-refractivity contribution in [1.29, 1.82) is 0 Å². The number of carbonyl (C=O) groups excluding carboxylic acids is 1. The molecule has 0 unspecified atom stereocenters. The third-order valence-corrected chi connectivity index (χ3v) is 3.29. The first-order valence-electron chi connectivity index (χ1n) is 6.63. The van der Waals surface area contributed by atoms with Gasteiger partial charge in [-0.15, -0.1) is 0 Å². The van der Waals surface area contributed by atoms with Gasteiger partial charge in [0.05, 0.1) is 19.8 Å². The van der Waals surface area contributed by atoms with E-state index < -0.39 is 0 Å². The van der Waals surface area contributed by atoms with Crippen molar-refractivity contribution >= 4 is 5.91 Å². The minimum Gasteiger partial charge on any atom is -0.497 e. The first kappa shape index (κ1) is 14.4. The van der Waals surface area contributed by atoms with E-state index in [0.29, 0.717) is 23.6 Å². The standard InChI is InChI=1S/C15H20N2O3/c1-19-12-3-4-13(14(9-12)20-2)15(18)17-10-11-5-7-16-8-6-11/h3-5,9,16H,6-8,10H2,1-2H3,(H,17,18). The summed E-state index contributed by atoms with van der Waals surface area (Å²) < 4.78 is 10.4. The molecule has 1 aromatic carbocycles. The first-order chi connectivity index (χ1) is 9.74. The van der Waals surface area contributed by atoms with Crippen molar-refractivity contribution in [3.63, 3.8) is 0 Å². The van der Waals surface area contributed by atoms with E-state index in [1.54, 1.807) is 32.4 Å². The number of rotatable bonds is 5. The molecule has 1 aliphatic rings. The summed E-state index contributed by atoms with van der Waals surface area (Å²) in [6.07, 6.45) is 3.09. The van der Waals surface area contributed by atoms with Gasteiger partial charge in [-0.2, -0.15) is 0 Å². The molecule has 0 saturated heterocycles. The topological polar surface area (TPSA) is 59.6 Å². The van der Waals surface area contributed by atoms with Gasteiger partial charge in [0.25, 0.3) is 5.91 Å². The van der Waals surface area contributed by atoms with E-state index in [0.717, 1.165) is 19.5 Å². The number of benzene rings is 1. The van der Waals surface area contributed by atoms with Crippen LogP contribution >= 0.6 is 0 Å². The fourth-order valence-electron chi connectivity index (χ4n) is 2.11. The Balaban J connectivity index is 2.03. The lowest BCUT2D eigenvalue weighted by Crippen LogP contribution is -2.29. The maximum absolute atomic E-state index is 12.2. The van der Waals surface area contributed by atoms with Crippen molar-refractivity contribution in [3.05, 3.63) is 35.4 Å². The summed E-state index contributed by atoms with van der Waals surface area (Å²) in [5.41, 5.74) is 1.77. The van der Waals surface area contributed by atoms with Crippen LogP contribution in [-0.4, -0.2) is 39.8 Å². The number of nitrogens with one attached hydrogen (secondary N) is 2. The first-order valence-corrected chi connectivity index (χ1v) is 6.63. The Morgan fingerprint density at radius 3 is 2.85 bits per heavy atom. The van der Waals surface area contributed by atoms with Crippen LogP contribution in [0.25, 0.3) is 0 Å². The smallest absolute Gasteiger partial charge is 0.255 e. The summed E-state index contributed by atoms with van der Waals surface area (Å²) in [7, 11) is 3.12. The van der Waals surface area contributed by atoms with Crippen LogP contribution in [0.15, 0.2) is 29.8 Å². The van der Waals surface area contributed by atoms with E-state index in [-0.39, 0.29) is 5.91 Å². The highest BCUT2D eigenvalue weighted by atomic mass is 16.5. The molecule has 0 fully saturated rings. The van der Waals surface area contributed by atoms with Crippen LogP contribution in [0, 0.1) is 0 Å². The summed E-state index contributed by atoms with van der Waals surface area (Å²) in [6, 6.07) is 5.17. The molecule has 1 aromatic rings. The molecule has 108 valence electrons. The van der Waals surface area contributed by atoms with Crippen LogP contribution < -0.4 is 20.1 Å². The summed E-state index contributed by atoms with van der Waals surface area (Å²) in [6.45, 7) is 2.42. The number of ether oxygens (including phenoxy) is 2. The molecule has 2 rings (SSSR count). The van der Waals surface area contributed by atoms with Gasteiger partial charge in [-0.1, -0.05) is 11.6 Å². The largest absolute Gasteiger partial charge is 0.497 e. The fourth-order valence-corrected chi connectivity index (χ4v) is 2.11. The lowest BCUT2D eigenvalue weighted by atomic mass is 10.1. The second-order valence-corrected chi connectivity index (χ2v) is 4.57. The fraction of sp³-hybridized carbons (Fsp3) is 0.400. The maximum atomic E-state index is 12.2. The second kappa shape index (κ2) is 6.96. The van der Waals surface area contributed by atoms with Gasteiger partial charge in [0.15, 0.2) is 0 Å². The molecule has 1 aliphatic heterocycles. The minimum absolute atomic E-state index is 0.135. The maximum Gasteiger partial charge on any atom is 0.255 e. The van der Waals surface area contributed by atoms with E-state index in [2.05, 4.69) is 16.7 Å². The third kappa shape index (κ3) is 3.51. The van der Waals surface area contributed by atoms with Crippen LogP contribution in [0.2, 0.25) is 0 Å². The Morgan fingerprint density at radius 1 is 1.35 bits per heavy atom. The van der Waals surface area contributed by atoms with Gasteiger partial charge in [0.1, 0.15) is 11.5 Å². The molecular formula is C15H20N2O3. The average molecular weight is 276 g/mol. The van der Waals surface area contributed by atoms with E-state index in [9.17, 15) is 4.79 Å². The van der Waals surface area contributed by atoms with Gasteiger partial charge in [-0.05, 0) is 25.1 Å². The molecule has 0 atom stereocenters. The molecular weight excluding hydrogens is 256 g/mol. The Kier molecular flexibility index (Phi) is 5.01. The zero-order chi connectivity index (χ0) is 14.4. The van der Waals surface area contributed by atoms with E-state index >= 15 is 0 Å². The molecule has 5 heteroatoms. The number of hydrogen-bond acceptors (Lipinski definition) is 4. The molecule has 0 saturated carbocycles. The minimum atomic E-state index is -0.135. The predicted octanol–water partition coefficient (Wildman–Crippen LogP) is 1.35. The van der Waals surface area contributed by atoms with Crippen molar-refractivity contribution < 1.29 is 14.3 Å². The molecule has 0 bridgehead atoms. The lowest BCUT2D eigenvalue weighted by Gasteiger charge is -2.15. The number of carbonyl (C=O) groups is 1. The predicted molar refractivity (Wildman–Crippen MR) is 77.4 cm³/mol. The normalized spacial score (nSPS) is 14.4. The molecule has 0 aromatic heterocycles. The summed E-state index contributed by atoms with van der Waals surface area (Å²) in [5.74, 6) is 1.05. The van der Waals surface area contributed by atoms with Crippen LogP contribution in [0.1, 0.15) is 16.8 Å². The zero-order valence-electron chi connectivity index (χ0n) is 11.9. The Morgan fingerprint density at radius 2 is 2.20 bits per heavy atom. The Bertz CT molecular complexity index is 512. The van der Waals surface area contributed by atoms with Crippen LogP contribution in [0.3, 0.4) is 0 Å². The van der Waals surface area contributed by atoms with E-state index in [1.165, 1.54) is 5.57 Å². The second-order valence-electron chi connectivity index (χ2n) is 4.57. The van der Waals surface area contributed by atoms with Crippen molar-refractivity contribution in [2.45, 2.75) is 6.42 Å². The molecule has 1 amide bonds. The molecule has 5 nitrogen and oxygen atoms in total. The summed E-state index contributed by atoms with van der Waals surface area (Å²) >= 11 is 0. The van der Waals surface area contributed by atoms with Crippen molar-refractivity contribution in [2.75, 3.05) is 33.9 Å². The molecule has 2 N–H and O–H groups in total. The average Bonchev–Trinajstić information content (AvgIpc) is 2.52. The van der Waals surface area contributed by atoms with Crippen molar-refractivity contribution in [3.8, 4) is 11.5 Å². The van der Waals surface area contributed by atoms with Gasteiger partial charge in [-0.3, -0.25) is 4.79 Å². The quantitative estimate of drug-likeness (QED) is 0.797. The third-order valence-electron chi connectivity index (χ3n) is 3.29. The van der Waals surface area contributed by atoms with Crippen LogP contribution in [0.4, 0.5) is 0 Å². The molecule has 0 aliphatic carbocycles. The Hall–Kier alpha value is -2.01. The molecule has 20 heavy (non-hydrogen) atoms. The summed E-state index contributed by atoms with van der Waals surface area (Å²) in [4.78, 5) is 12.2. The number of hydrogen-bond donors (Lipinski definition) is 2. The van der Waals surface area contributed by atoms with E-state index in [1.807, 2.05) is 0 Å². The monoisotopic (exact) mass is 276 g/mol.